The van der Waals surface area contributed by atoms with Crippen molar-refractivity contribution < 1.29 is 4.79 Å². The van der Waals surface area contributed by atoms with Gasteiger partial charge in [0.1, 0.15) is 6.29 Å². The van der Waals surface area contributed by atoms with E-state index < -0.39 is 0 Å². The predicted molar refractivity (Wildman–Crippen MR) is 96.4 cm³/mol. The second-order valence-electron chi connectivity index (χ2n) is 7.13. The molecule has 4 nitrogen and oxygen atoms in total. The number of benzene rings is 1. The smallest absolute Gasteiger partial charge is 0.178 e. The molecular weight excluding hydrogens is 306 g/mol. The number of hydrogen-bond acceptors (Lipinski definition) is 3. The Morgan fingerprint density at radius 3 is 2.87 bits per heavy atom. The summed E-state index contributed by atoms with van der Waals surface area (Å²) in [6, 6.07) is 4.16. The van der Waals surface area contributed by atoms with Gasteiger partial charge in [0, 0.05) is 36.8 Å². The lowest BCUT2D eigenvalue weighted by Gasteiger charge is -2.34. The van der Waals surface area contributed by atoms with Crippen LogP contribution in [0.1, 0.15) is 36.7 Å². The minimum absolute atomic E-state index is 0.0193. The zero-order chi connectivity index (χ0) is 16.8. The van der Waals surface area contributed by atoms with E-state index >= 15 is 0 Å². The third kappa shape index (κ3) is 2.79. The van der Waals surface area contributed by atoms with Gasteiger partial charge in [0.05, 0.1) is 11.0 Å². The molecule has 0 radical (unpaired) electrons. The summed E-state index contributed by atoms with van der Waals surface area (Å²) in [5.74, 6) is 0. The molecule has 2 heterocycles. The Bertz CT molecular complexity index is 831. The fourth-order valence-corrected chi connectivity index (χ4v) is 3.61. The number of H-pyrrole nitrogens is 1. The highest BCUT2D eigenvalue weighted by Crippen LogP contribution is 2.30. The SMILES string of the molecule is C=CC(C)(C)CN1Cc2c(C=O)ccc3[nH]c(=S)n(c23)C[C@@H]1C. The topological polar surface area (TPSA) is 41.0 Å². The number of aromatic amines is 1. The molecule has 122 valence electrons. The minimum Gasteiger partial charge on any atom is -0.331 e. The van der Waals surface area contributed by atoms with Gasteiger partial charge in [0.25, 0.3) is 0 Å². The van der Waals surface area contributed by atoms with Crippen molar-refractivity contribution >= 4 is 29.5 Å². The molecule has 5 heteroatoms. The van der Waals surface area contributed by atoms with Crippen molar-refractivity contribution in [2.24, 2.45) is 5.41 Å². The van der Waals surface area contributed by atoms with Crippen LogP contribution in [-0.4, -0.2) is 33.3 Å². The zero-order valence-electron chi connectivity index (χ0n) is 13.9. The fourth-order valence-electron chi connectivity index (χ4n) is 3.33. The highest BCUT2D eigenvalue weighted by Gasteiger charge is 2.28. The molecule has 1 aliphatic heterocycles. The number of nitrogens with zero attached hydrogens (tertiary/aromatic N) is 2. The molecule has 0 bridgehead atoms. The van der Waals surface area contributed by atoms with E-state index in [4.69, 9.17) is 12.2 Å². The number of hydrogen-bond donors (Lipinski definition) is 1. The Kier molecular flexibility index (Phi) is 4.02. The summed E-state index contributed by atoms with van der Waals surface area (Å²) < 4.78 is 2.86. The standard InChI is InChI=1S/C18H23N3OS/c1-5-18(3,4)11-20-9-14-13(10-22)6-7-15-16(14)21(8-12(20)2)17(23)19-15/h5-7,10,12H,1,8-9,11H2,2-4H3,(H,19,23)/t12-/m0/s1. The maximum Gasteiger partial charge on any atom is 0.178 e. The Hall–Kier alpha value is -1.72. The first-order valence-electron chi connectivity index (χ1n) is 7.93. The van der Waals surface area contributed by atoms with Crippen molar-refractivity contribution in [1.29, 1.82) is 0 Å². The first-order valence-corrected chi connectivity index (χ1v) is 8.34. The molecular formula is C18H23N3OS. The van der Waals surface area contributed by atoms with Crippen LogP contribution in [0.25, 0.3) is 11.0 Å². The monoisotopic (exact) mass is 329 g/mol. The second-order valence-corrected chi connectivity index (χ2v) is 7.52. The summed E-state index contributed by atoms with van der Waals surface area (Å²) in [5.41, 5.74) is 3.91. The maximum atomic E-state index is 11.5. The highest BCUT2D eigenvalue weighted by molar-refractivity contribution is 7.71. The van der Waals surface area contributed by atoms with E-state index in [0.29, 0.717) is 6.04 Å². The first kappa shape index (κ1) is 16.1. The summed E-state index contributed by atoms with van der Waals surface area (Å²) in [6.45, 7) is 13.0. The van der Waals surface area contributed by atoms with Crippen LogP contribution in [0.5, 0.6) is 0 Å². The van der Waals surface area contributed by atoms with Gasteiger partial charge in [0.15, 0.2) is 4.77 Å². The third-order valence-electron chi connectivity index (χ3n) is 4.80. The Morgan fingerprint density at radius 2 is 2.22 bits per heavy atom. The van der Waals surface area contributed by atoms with Crippen LogP contribution >= 0.6 is 12.2 Å². The van der Waals surface area contributed by atoms with E-state index in [2.05, 4.69) is 41.8 Å². The second kappa shape index (κ2) is 5.73. The number of carbonyl (C=O) groups is 1. The van der Waals surface area contributed by atoms with Crippen LogP contribution in [0.15, 0.2) is 24.8 Å². The molecule has 0 unspecified atom stereocenters. The molecule has 0 spiro atoms. The van der Waals surface area contributed by atoms with Crippen LogP contribution in [0.3, 0.4) is 0 Å². The maximum absolute atomic E-state index is 11.5. The largest absolute Gasteiger partial charge is 0.331 e. The van der Waals surface area contributed by atoms with E-state index in [-0.39, 0.29) is 5.41 Å². The summed E-state index contributed by atoms with van der Waals surface area (Å²) in [4.78, 5) is 17.2. The lowest BCUT2D eigenvalue weighted by atomic mass is 9.92. The molecule has 0 saturated carbocycles. The average Bonchev–Trinajstić information content (AvgIpc) is 2.74. The fraction of sp³-hybridized carbons (Fsp3) is 0.444. The van der Waals surface area contributed by atoms with Gasteiger partial charge >= 0.3 is 0 Å². The van der Waals surface area contributed by atoms with Crippen molar-refractivity contribution in [3.05, 3.63) is 40.7 Å². The van der Waals surface area contributed by atoms with Gasteiger partial charge in [-0.2, -0.15) is 0 Å². The highest BCUT2D eigenvalue weighted by atomic mass is 32.1. The molecule has 0 amide bonds. The van der Waals surface area contributed by atoms with Crippen LogP contribution in [0.4, 0.5) is 0 Å². The number of aldehydes is 1. The van der Waals surface area contributed by atoms with Gasteiger partial charge in [-0.1, -0.05) is 19.9 Å². The normalized spacial score (nSPS) is 18.8. The van der Waals surface area contributed by atoms with Crippen molar-refractivity contribution in [3.63, 3.8) is 0 Å². The molecule has 1 atom stereocenters. The van der Waals surface area contributed by atoms with Gasteiger partial charge in [-0.3, -0.25) is 9.69 Å². The van der Waals surface area contributed by atoms with E-state index in [1.165, 1.54) is 0 Å². The van der Waals surface area contributed by atoms with Crippen LogP contribution in [-0.2, 0) is 13.1 Å². The van der Waals surface area contributed by atoms with Crippen LogP contribution in [0, 0.1) is 10.2 Å². The first-order chi connectivity index (χ1) is 10.9. The third-order valence-corrected chi connectivity index (χ3v) is 5.12. The molecule has 23 heavy (non-hydrogen) atoms. The number of nitrogens with one attached hydrogen (secondary N) is 1. The molecule has 1 aliphatic rings. The van der Waals surface area contributed by atoms with Crippen molar-refractivity contribution in [2.75, 3.05) is 6.54 Å². The molecule has 1 N–H and O–H groups in total. The van der Waals surface area contributed by atoms with E-state index in [0.717, 1.165) is 52.9 Å². The number of rotatable bonds is 4. The predicted octanol–water partition coefficient (Wildman–Crippen LogP) is 3.93. The van der Waals surface area contributed by atoms with E-state index in [9.17, 15) is 4.79 Å². The van der Waals surface area contributed by atoms with Gasteiger partial charge in [0.2, 0.25) is 0 Å². The van der Waals surface area contributed by atoms with E-state index in [1.54, 1.807) is 0 Å². The summed E-state index contributed by atoms with van der Waals surface area (Å²) in [6.07, 6.45) is 2.94. The van der Waals surface area contributed by atoms with E-state index in [1.807, 2.05) is 18.2 Å². The summed E-state index contributed by atoms with van der Waals surface area (Å²) in [5, 5.41) is 0. The van der Waals surface area contributed by atoms with Gasteiger partial charge in [-0.25, -0.2) is 0 Å². The lowest BCUT2D eigenvalue weighted by molar-refractivity contribution is 0.111. The minimum atomic E-state index is 0.0193. The molecule has 0 aliphatic carbocycles. The zero-order valence-corrected chi connectivity index (χ0v) is 14.7. The molecule has 0 saturated heterocycles. The average molecular weight is 329 g/mol. The lowest BCUT2D eigenvalue weighted by Crippen LogP contribution is -2.40. The Labute approximate surface area is 141 Å². The summed E-state index contributed by atoms with van der Waals surface area (Å²) in [7, 11) is 0. The Morgan fingerprint density at radius 1 is 1.48 bits per heavy atom. The van der Waals surface area contributed by atoms with Crippen molar-refractivity contribution in [2.45, 2.75) is 39.9 Å². The molecule has 1 aromatic heterocycles. The van der Waals surface area contributed by atoms with Crippen LogP contribution in [0.2, 0.25) is 0 Å². The Balaban J connectivity index is 2.15. The molecule has 3 rings (SSSR count). The van der Waals surface area contributed by atoms with Crippen molar-refractivity contribution in [1.82, 2.24) is 14.5 Å². The molecule has 2 aromatic rings. The van der Waals surface area contributed by atoms with Gasteiger partial charge < -0.3 is 9.55 Å². The molecule has 0 fully saturated rings. The number of imidazole rings is 1. The summed E-state index contributed by atoms with van der Waals surface area (Å²) >= 11 is 5.49. The number of aromatic nitrogens is 2. The van der Waals surface area contributed by atoms with Gasteiger partial charge in [-0.05, 0) is 36.7 Å². The van der Waals surface area contributed by atoms with Gasteiger partial charge in [-0.15, -0.1) is 6.58 Å². The molecule has 1 aromatic carbocycles. The number of carbonyl (C=O) groups excluding carboxylic acids is 1. The van der Waals surface area contributed by atoms with Crippen LogP contribution < -0.4 is 0 Å². The quantitative estimate of drug-likeness (QED) is 0.525. The van der Waals surface area contributed by atoms with Crippen molar-refractivity contribution in [3.8, 4) is 0 Å².